The van der Waals surface area contributed by atoms with Crippen LogP contribution in [0.2, 0.25) is 0 Å². The average Bonchev–Trinajstić information content (AvgIpc) is 2.89. The zero-order chi connectivity index (χ0) is 13.6. The van der Waals surface area contributed by atoms with Gasteiger partial charge in [-0.2, -0.15) is 0 Å². The Morgan fingerprint density at radius 2 is 1.79 bits per heavy atom. The fraction of sp³-hybridized carbons (Fsp3) is 0.938. The molecule has 0 spiro atoms. The van der Waals surface area contributed by atoms with Crippen LogP contribution in [0.5, 0.6) is 0 Å². The maximum atomic E-state index is 12.4. The molecule has 2 heterocycles. The molecule has 2 aliphatic heterocycles. The van der Waals surface area contributed by atoms with Crippen molar-refractivity contribution < 1.29 is 4.79 Å². The molecule has 1 amide bonds. The second-order valence-electron chi connectivity index (χ2n) is 7.99. The molecule has 0 bridgehead atoms. The molecule has 0 N–H and O–H groups in total. The fourth-order valence-corrected chi connectivity index (χ4v) is 3.33. The first-order chi connectivity index (χ1) is 8.93. The van der Waals surface area contributed by atoms with E-state index < -0.39 is 0 Å². The Morgan fingerprint density at radius 1 is 1.11 bits per heavy atom. The Morgan fingerprint density at radius 3 is 2.37 bits per heavy atom. The first kappa shape index (κ1) is 13.4. The van der Waals surface area contributed by atoms with Gasteiger partial charge in [0.25, 0.3) is 0 Å². The molecule has 3 rings (SSSR count). The van der Waals surface area contributed by atoms with Gasteiger partial charge in [0, 0.05) is 26.2 Å². The lowest BCUT2D eigenvalue weighted by Crippen LogP contribution is -2.56. The zero-order valence-corrected chi connectivity index (χ0v) is 12.7. The van der Waals surface area contributed by atoms with Crippen LogP contribution < -0.4 is 0 Å². The second kappa shape index (κ2) is 4.76. The van der Waals surface area contributed by atoms with Gasteiger partial charge in [0.15, 0.2) is 0 Å². The lowest BCUT2D eigenvalue weighted by molar-refractivity contribution is -0.144. The highest BCUT2D eigenvalue weighted by Gasteiger charge is 2.41. The van der Waals surface area contributed by atoms with E-state index in [-0.39, 0.29) is 0 Å². The van der Waals surface area contributed by atoms with Gasteiger partial charge in [-0.3, -0.25) is 4.79 Å². The third-order valence-electron chi connectivity index (χ3n) is 5.25. The summed E-state index contributed by atoms with van der Waals surface area (Å²) in [6, 6.07) is 0. The highest BCUT2D eigenvalue weighted by atomic mass is 16.2. The lowest BCUT2D eigenvalue weighted by atomic mass is 9.75. The van der Waals surface area contributed by atoms with Crippen molar-refractivity contribution in [3.8, 4) is 0 Å². The number of hydrogen-bond acceptors (Lipinski definition) is 2. The Bertz CT molecular complexity index is 350. The van der Waals surface area contributed by atoms with E-state index in [4.69, 9.17) is 0 Å². The molecule has 3 heteroatoms. The quantitative estimate of drug-likeness (QED) is 0.780. The van der Waals surface area contributed by atoms with Crippen LogP contribution >= 0.6 is 0 Å². The van der Waals surface area contributed by atoms with Crippen LogP contribution in [-0.2, 0) is 4.79 Å². The van der Waals surface area contributed by atoms with Crippen molar-refractivity contribution in [3.63, 3.8) is 0 Å². The first-order valence-electron chi connectivity index (χ1n) is 7.94. The van der Waals surface area contributed by atoms with Crippen molar-refractivity contribution in [1.82, 2.24) is 9.80 Å². The summed E-state index contributed by atoms with van der Waals surface area (Å²) in [5.74, 6) is 2.36. The molecule has 2 saturated heterocycles. The van der Waals surface area contributed by atoms with Crippen molar-refractivity contribution in [3.05, 3.63) is 0 Å². The molecule has 3 nitrogen and oxygen atoms in total. The number of likely N-dealkylation sites (tertiary alicyclic amines) is 2. The van der Waals surface area contributed by atoms with Crippen LogP contribution in [0.25, 0.3) is 0 Å². The number of rotatable bonds is 3. The highest BCUT2D eigenvalue weighted by Crippen LogP contribution is 2.36. The van der Waals surface area contributed by atoms with Gasteiger partial charge in [0.05, 0.1) is 5.92 Å². The molecule has 0 radical (unpaired) electrons. The lowest BCUT2D eigenvalue weighted by Gasteiger charge is -2.47. The van der Waals surface area contributed by atoms with Crippen LogP contribution in [0.1, 0.15) is 40.0 Å². The van der Waals surface area contributed by atoms with Gasteiger partial charge in [-0.15, -0.1) is 0 Å². The van der Waals surface area contributed by atoms with Crippen LogP contribution in [0, 0.1) is 23.2 Å². The molecule has 1 atom stereocenters. The second-order valence-corrected chi connectivity index (χ2v) is 7.99. The van der Waals surface area contributed by atoms with E-state index in [2.05, 4.69) is 30.6 Å². The molecule has 0 aromatic rings. The van der Waals surface area contributed by atoms with E-state index in [1.807, 2.05) is 0 Å². The van der Waals surface area contributed by atoms with Crippen LogP contribution in [0.3, 0.4) is 0 Å². The maximum absolute atomic E-state index is 12.4. The summed E-state index contributed by atoms with van der Waals surface area (Å²) in [5.41, 5.74) is 0.352. The summed E-state index contributed by atoms with van der Waals surface area (Å²) in [7, 11) is 0. The number of carbonyl (C=O) groups is 1. The van der Waals surface area contributed by atoms with E-state index in [0.29, 0.717) is 23.2 Å². The van der Waals surface area contributed by atoms with Crippen molar-refractivity contribution in [1.29, 1.82) is 0 Å². The van der Waals surface area contributed by atoms with Gasteiger partial charge >= 0.3 is 0 Å². The van der Waals surface area contributed by atoms with E-state index in [1.165, 1.54) is 19.4 Å². The van der Waals surface area contributed by atoms with Gasteiger partial charge in [0.2, 0.25) is 5.91 Å². The monoisotopic (exact) mass is 264 g/mol. The molecule has 0 aromatic carbocycles. The first-order valence-corrected chi connectivity index (χ1v) is 7.94. The summed E-state index contributed by atoms with van der Waals surface area (Å²) < 4.78 is 0. The maximum Gasteiger partial charge on any atom is 0.227 e. The third kappa shape index (κ3) is 2.96. The topological polar surface area (TPSA) is 23.6 Å². The van der Waals surface area contributed by atoms with Gasteiger partial charge < -0.3 is 9.80 Å². The molecule has 0 aromatic heterocycles. The Balaban J connectivity index is 1.44. The molecule has 108 valence electrons. The molecule has 0 unspecified atom stereocenters. The number of nitrogens with zero attached hydrogens (tertiary/aromatic N) is 2. The molecule has 1 saturated carbocycles. The van der Waals surface area contributed by atoms with E-state index >= 15 is 0 Å². The largest absolute Gasteiger partial charge is 0.342 e. The van der Waals surface area contributed by atoms with Gasteiger partial charge in [0.1, 0.15) is 0 Å². The zero-order valence-electron chi connectivity index (χ0n) is 12.7. The van der Waals surface area contributed by atoms with Crippen LogP contribution in [0.4, 0.5) is 0 Å². The molecule has 3 aliphatic rings. The number of carbonyl (C=O) groups excluding carboxylic acids is 1. The normalized spacial score (nSPS) is 29.6. The van der Waals surface area contributed by atoms with Crippen molar-refractivity contribution in [2.45, 2.75) is 40.0 Å². The van der Waals surface area contributed by atoms with E-state index in [0.717, 1.165) is 38.5 Å². The summed E-state index contributed by atoms with van der Waals surface area (Å²) in [6.07, 6.45) is 3.91. The fourth-order valence-electron chi connectivity index (χ4n) is 3.33. The van der Waals surface area contributed by atoms with Crippen molar-refractivity contribution in [2.75, 3.05) is 32.7 Å². The average molecular weight is 264 g/mol. The number of hydrogen-bond donors (Lipinski definition) is 0. The SMILES string of the molecule is CC(C)(C)C1CN(C(=O)[C@@H]2CCN(CC3CC3)C2)C1. The van der Waals surface area contributed by atoms with Crippen molar-refractivity contribution >= 4 is 5.91 Å². The molecule has 3 fully saturated rings. The Hall–Kier alpha value is -0.570. The minimum absolute atomic E-state index is 0.291. The van der Waals surface area contributed by atoms with Crippen LogP contribution in [0.15, 0.2) is 0 Å². The number of amides is 1. The summed E-state index contributed by atoms with van der Waals surface area (Å²) in [5, 5.41) is 0. The standard InChI is InChI=1S/C16H28N2O/c1-16(2,3)14-10-18(11-14)15(19)13-6-7-17(9-13)8-12-4-5-12/h12-14H,4-11H2,1-3H3/t13-/m1/s1. The summed E-state index contributed by atoms with van der Waals surface area (Å²) in [4.78, 5) is 17.1. The van der Waals surface area contributed by atoms with Gasteiger partial charge in [-0.25, -0.2) is 0 Å². The van der Waals surface area contributed by atoms with E-state index in [1.54, 1.807) is 0 Å². The smallest absolute Gasteiger partial charge is 0.227 e. The van der Waals surface area contributed by atoms with Crippen LogP contribution in [-0.4, -0.2) is 48.4 Å². The molecule has 19 heavy (non-hydrogen) atoms. The molecule has 1 aliphatic carbocycles. The third-order valence-corrected chi connectivity index (χ3v) is 5.25. The van der Waals surface area contributed by atoms with Gasteiger partial charge in [-0.1, -0.05) is 20.8 Å². The predicted octanol–water partition coefficient (Wildman–Crippen LogP) is 2.22. The minimum Gasteiger partial charge on any atom is -0.342 e. The summed E-state index contributed by atoms with van der Waals surface area (Å²) >= 11 is 0. The van der Waals surface area contributed by atoms with Crippen molar-refractivity contribution in [2.24, 2.45) is 23.2 Å². The predicted molar refractivity (Wildman–Crippen MR) is 76.8 cm³/mol. The van der Waals surface area contributed by atoms with E-state index in [9.17, 15) is 4.79 Å². The van der Waals surface area contributed by atoms with Gasteiger partial charge in [-0.05, 0) is 43.1 Å². The summed E-state index contributed by atoms with van der Waals surface area (Å²) in [6.45, 7) is 12.2. The molecular weight excluding hydrogens is 236 g/mol. The Labute approximate surface area is 117 Å². The Kier molecular flexibility index (Phi) is 3.36. The molecular formula is C16H28N2O. The highest BCUT2D eigenvalue weighted by molar-refractivity contribution is 5.80. The minimum atomic E-state index is 0.291.